The Morgan fingerprint density at radius 2 is 1.86 bits per heavy atom. The molecule has 0 spiro atoms. The predicted molar refractivity (Wildman–Crippen MR) is 91.8 cm³/mol. The number of hydrogen-bond acceptors (Lipinski definition) is 3. The molecule has 4 unspecified atom stereocenters. The molecule has 2 fully saturated rings. The molecule has 1 aliphatic carbocycles. The number of benzene rings is 1. The standard InChI is InChI=1S/C16H17Br2NO3/c1-8-3-4-11(5-9(8)2)19-15(20)12-6-10(17)7-13(18)14(12)22-16(19)21/h3-5,10,12-14H,6-7H2,1-2H3. The van der Waals surface area contributed by atoms with Gasteiger partial charge in [0.2, 0.25) is 5.91 Å². The molecular weight excluding hydrogens is 414 g/mol. The number of amides is 2. The summed E-state index contributed by atoms with van der Waals surface area (Å²) in [7, 11) is 0. The topological polar surface area (TPSA) is 46.6 Å². The molecule has 0 aromatic heterocycles. The van der Waals surface area contributed by atoms with Gasteiger partial charge in [0, 0.05) is 4.83 Å². The fourth-order valence-corrected chi connectivity index (χ4v) is 5.29. The Kier molecular flexibility index (Phi) is 4.34. The SMILES string of the molecule is Cc1ccc(N2C(=O)OC3C(Br)CC(Br)CC3C2=O)cc1C. The molecule has 2 aliphatic rings. The molecule has 4 nitrogen and oxygen atoms in total. The molecular formula is C16H17Br2NO3. The van der Waals surface area contributed by atoms with E-state index in [-0.39, 0.29) is 27.6 Å². The van der Waals surface area contributed by atoms with Crippen molar-refractivity contribution in [2.45, 2.75) is 42.4 Å². The normalized spacial score (nSPS) is 31.7. The second-order valence-corrected chi connectivity index (χ2v) is 8.45. The summed E-state index contributed by atoms with van der Waals surface area (Å²) in [5.41, 5.74) is 2.75. The number of imide groups is 1. The predicted octanol–water partition coefficient (Wildman–Crippen LogP) is 4.09. The first-order valence-electron chi connectivity index (χ1n) is 7.28. The van der Waals surface area contributed by atoms with E-state index >= 15 is 0 Å². The van der Waals surface area contributed by atoms with E-state index in [4.69, 9.17) is 4.74 Å². The lowest BCUT2D eigenvalue weighted by Gasteiger charge is -2.42. The van der Waals surface area contributed by atoms with E-state index in [0.717, 1.165) is 17.5 Å². The van der Waals surface area contributed by atoms with Crippen molar-refractivity contribution in [3.63, 3.8) is 0 Å². The van der Waals surface area contributed by atoms with Gasteiger partial charge in [0.05, 0.1) is 16.4 Å². The van der Waals surface area contributed by atoms with Gasteiger partial charge in [-0.25, -0.2) is 9.69 Å². The molecule has 4 atom stereocenters. The molecule has 1 aromatic rings. The Morgan fingerprint density at radius 3 is 2.55 bits per heavy atom. The van der Waals surface area contributed by atoms with Crippen LogP contribution in [0.4, 0.5) is 10.5 Å². The minimum absolute atomic E-state index is 0.00503. The van der Waals surface area contributed by atoms with Crippen molar-refractivity contribution in [3.8, 4) is 0 Å². The first kappa shape index (κ1) is 16.0. The van der Waals surface area contributed by atoms with Crippen LogP contribution in [-0.2, 0) is 9.53 Å². The Labute approximate surface area is 146 Å². The number of hydrogen-bond donors (Lipinski definition) is 0. The van der Waals surface area contributed by atoms with Gasteiger partial charge in [-0.3, -0.25) is 4.79 Å². The third-order valence-corrected chi connectivity index (χ3v) is 6.09. The number of carbonyl (C=O) groups is 2. The second-order valence-electron chi connectivity index (χ2n) is 5.98. The zero-order valence-corrected chi connectivity index (χ0v) is 15.6. The second kappa shape index (κ2) is 5.96. The summed E-state index contributed by atoms with van der Waals surface area (Å²) in [6, 6.07) is 5.57. The number of fused-ring (bicyclic) bond motifs is 1. The number of ether oxygens (including phenoxy) is 1. The molecule has 0 bridgehead atoms. The van der Waals surface area contributed by atoms with E-state index in [1.807, 2.05) is 26.0 Å². The molecule has 22 heavy (non-hydrogen) atoms. The fraction of sp³-hybridized carbons (Fsp3) is 0.500. The van der Waals surface area contributed by atoms with Crippen molar-refractivity contribution < 1.29 is 14.3 Å². The average Bonchev–Trinajstić information content (AvgIpc) is 2.44. The lowest BCUT2D eigenvalue weighted by Crippen LogP contribution is -2.57. The molecule has 1 heterocycles. The van der Waals surface area contributed by atoms with Crippen LogP contribution in [0.3, 0.4) is 0 Å². The highest BCUT2D eigenvalue weighted by Gasteiger charge is 2.49. The molecule has 0 N–H and O–H groups in total. The number of halogens is 2. The highest BCUT2D eigenvalue weighted by atomic mass is 79.9. The zero-order chi connectivity index (χ0) is 16.0. The summed E-state index contributed by atoms with van der Waals surface area (Å²) in [6.07, 6.45) is 0.564. The molecule has 1 aliphatic heterocycles. The largest absolute Gasteiger partial charge is 0.443 e. The average molecular weight is 431 g/mol. The van der Waals surface area contributed by atoms with Crippen LogP contribution in [0.25, 0.3) is 0 Å². The smallest absolute Gasteiger partial charge is 0.421 e. The van der Waals surface area contributed by atoms with E-state index < -0.39 is 6.09 Å². The third-order valence-electron chi connectivity index (χ3n) is 4.45. The molecule has 1 saturated carbocycles. The number of alkyl halides is 2. The minimum Gasteiger partial charge on any atom is -0.443 e. The minimum atomic E-state index is -0.577. The van der Waals surface area contributed by atoms with E-state index in [0.29, 0.717) is 12.1 Å². The van der Waals surface area contributed by atoms with Gasteiger partial charge in [0.25, 0.3) is 0 Å². The zero-order valence-electron chi connectivity index (χ0n) is 12.4. The lowest BCUT2D eigenvalue weighted by atomic mass is 9.84. The lowest BCUT2D eigenvalue weighted by molar-refractivity contribution is -0.130. The van der Waals surface area contributed by atoms with Gasteiger partial charge in [0.15, 0.2) is 0 Å². The summed E-state index contributed by atoms with van der Waals surface area (Å²) in [5.74, 6) is -0.472. The van der Waals surface area contributed by atoms with E-state index in [1.165, 1.54) is 4.90 Å². The van der Waals surface area contributed by atoms with Gasteiger partial charge in [-0.2, -0.15) is 0 Å². The molecule has 2 amide bonds. The van der Waals surface area contributed by atoms with Crippen LogP contribution in [0.2, 0.25) is 0 Å². The molecule has 6 heteroatoms. The molecule has 1 aromatic carbocycles. The summed E-state index contributed by atoms with van der Waals surface area (Å²) < 4.78 is 5.56. The number of rotatable bonds is 1. The summed E-state index contributed by atoms with van der Waals surface area (Å²) in [4.78, 5) is 26.6. The summed E-state index contributed by atoms with van der Waals surface area (Å²) >= 11 is 7.13. The van der Waals surface area contributed by atoms with E-state index in [2.05, 4.69) is 31.9 Å². The van der Waals surface area contributed by atoms with E-state index in [9.17, 15) is 9.59 Å². The maximum atomic E-state index is 12.8. The number of carbonyl (C=O) groups excluding carboxylic acids is 2. The Hall–Kier alpha value is -0.880. The van der Waals surface area contributed by atoms with Crippen LogP contribution < -0.4 is 4.90 Å². The van der Waals surface area contributed by atoms with Crippen LogP contribution in [-0.4, -0.2) is 27.8 Å². The number of nitrogens with zero attached hydrogens (tertiary/aromatic N) is 1. The van der Waals surface area contributed by atoms with Crippen molar-refractivity contribution in [2.75, 3.05) is 4.90 Å². The third kappa shape index (κ3) is 2.71. The fourth-order valence-electron chi connectivity index (χ4n) is 3.06. The van der Waals surface area contributed by atoms with Crippen molar-refractivity contribution >= 4 is 49.5 Å². The first-order valence-corrected chi connectivity index (χ1v) is 9.11. The molecule has 1 saturated heterocycles. The summed E-state index contributed by atoms with van der Waals surface area (Å²) in [6.45, 7) is 3.96. The van der Waals surface area contributed by atoms with Crippen molar-refractivity contribution in [1.29, 1.82) is 0 Å². The quantitative estimate of drug-likeness (QED) is 0.630. The molecule has 118 valence electrons. The monoisotopic (exact) mass is 429 g/mol. The molecule has 0 radical (unpaired) electrons. The van der Waals surface area contributed by atoms with Crippen molar-refractivity contribution in [3.05, 3.63) is 29.3 Å². The van der Waals surface area contributed by atoms with Crippen LogP contribution >= 0.6 is 31.9 Å². The number of aryl methyl sites for hydroxylation is 2. The van der Waals surface area contributed by atoms with Crippen LogP contribution in [0.5, 0.6) is 0 Å². The van der Waals surface area contributed by atoms with Gasteiger partial charge in [-0.05, 0) is 49.9 Å². The van der Waals surface area contributed by atoms with Gasteiger partial charge < -0.3 is 4.74 Å². The van der Waals surface area contributed by atoms with Crippen molar-refractivity contribution in [2.24, 2.45) is 5.92 Å². The Bertz CT molecular complexity index is 634. The Balaban J connectivity index is 1.94. The molecule has 3 rings (SSSR count). The highest BCUT2D eigenvalue weighted by Crippen LogP contribution is 2.40. The van der Waals surface area contributed by atoms with E-state index in [1.54, 1.807) is 6.07 Å². The van der Waals surface area contributed by atoms with Crippen molar-refractivity contribution in [1.82, 2.24) is 0 Å². The first-order chi connectivity index (χ1) is 10.4. The van der Waals surface area contributed by atoms with Gasteiger partial charge in [-0.15, -0.1) is 0 Å². The van der Waals surface area contributed by atoms with Gasteiger partial charge >= 0.3 is 6.09 Å². The maximum Gasteiger partial charge on any atom is 0.421 e. The summed E-state index contributed by atoms with van der Waals surface area (Å²) in [5, 5.41) is 0. The van der Waals surface area contributed by atoms with Crippen LogP contribution in [0, 0.1) is 19.8 Å². The highest BCUT2D eigenvalue weighted by molar-refractivity contribution is 9.10. The number of anilines is 1. The van der Waals surface area contributed by atoms with Gasteiger partial charge in [-0.1, -0.05) is 37.9 Å². The maximum absolute atomic E-state index is 12.8. The van der Waals surface area contributed by atoms with Crippen LogP contribution in [0.15, 0.2) is 18.2 Å². The Morgan fingerprint density at radius 1 is 1.14 bits per heavy atom. The van der Waals surface area contributed by atoms with Gasteiger partial charge in [0.1, 0.15) is 6.10 Å². The van der Waals surface area contributed by atoms with Crippen LogP contribution in [0.1, 0.15) is 24.0 Å².